The first-order valence-corrected chi connectivity index (χ1v) is 14.4. The summed E-state index contributed by atoms with van der Waals surface area (Å²) in [6.07, 6.45) is 1.73. The van der Waals surface area contributed by atoms with E-state index in [2.05, 4.69) is 20.4 Å². The van der Waals surface area contributed by atoms with E-state index >= 15 is 0 Å². The number of ether oxygens (including phenoxy) is 1. The Morgan fingerprint density at radius 1 is 0.750 bits per heavy atom. The van der Waals surface area contributed by atoms with Crippen LogP contribution in [-0.2, 0) is 4.74 Å². The Kier molecular flexibility index (Phi) is 9.51. The number of nitrogens with one attached hydrogen (secondary N) is 2. The molecule has 2 N–H and O–H groups in total. The number of anilines is 1. The summed E-state index contributed by atoms with van der Waals surface area (Å²) in [5, 5.41) is 6.21. The molecule has 0 aliphatic carbocycles. The minimum Gasteiger partial charge on any atom is -0.379 e. The summed E-state index contributed by atoms with van der Waals surface area (Å²) >= 11 is 0. The Morgan fingerprint density at radius 3 is 2.08 bits per heavy atom. The fourth-order valence-electron chi connectivity index (χ4n) is 5.50. The molecule has 3 aliphatic heterocycles. The van der Waals surface area contributed by atoms with Gasteiger partial charge in [0.1, 0.15) is 0 Å². The molecule has 40 heavy (non-hydrogen) atoms. The van der Waals surface area contributed by atoms with Crippen LogP contribution < -0.4 is 15.5 Å². The minimum absolute atomic E-state index is 0.0190. The van der Waals surface area contributed by atoms with Gasteiger partial charge < -0.3 is 30.1 Å². The third kappa shape index (κ3) is 7.31. The van der Waals surface area contributed by atoms with E-state index in [9.17, 15) is 14.4 Å². The summed E-state index contributed by atoms with van der Waals surface area (Å²) in [5.41, 5.74) is 2.44. The van der Waals surface area contributed by atoms with Crippen LogP contribution in [0.4, 0.5) is 10.5 Å². The van der Waals surface area contributed by atoms with Crippen molar-refractivity contribution in [2.45, 2.75) is 18.9 Å². The molecule has 10 heteroatoms. The van der Waals surface area contributed by atoms with Gasteiger partial charge in [0.2, 0.25) is 0 Å². The number of piperazine rings is 1. The van der Waals surface area contributed by atoms with Gasteiger partial charge in [-0.3, -0.25) is 14.5 Å². The lowest BCUT2D eigenvalue weighted by molar-refractivity contribution is 0.0383. The van der Waals surface area contributed by atoms with E-state index in [0.717, 1.165) is 64.5 Å². The quantitative estimate of drug-likeness (QED) is 0.549. The van der Waals surface area contributed by atoms with Gasteiger partial charge in [-0.1, -0.05) is 18.2 Å². The van der Waals surface area contributed by atoms with E-state index in [4.69, 9.17) is 4.74 Å². The van der Waals surface area contributed by atoms with Crippen molar-refractivity contribution in [3.63, 3.8) is 0 Å². The molecule has 0 atom stereocenters. The van der Waals surface area contributed by atoms with Gasteiger partial charge in [0, 0.05) is 88.3 Å². The largest absolute Gasteiger partial charge is 0.379 e. The summed E-state index contributed by atoms with van der Waals surface area (Å²) in [7, 11) is 0. The highest BCUT2D eigenvalue weighted by Crippen LogP contribution is 2.21. The Bertz CT molecular complexity index is 1120. The standard InChI is InChI=1S/C30H40N6O4/c37-28(31-12-15-33-20-22-40-23-21-33)24-6-8-27(9-7-24)34-13-10-26(11-14-34)32-30(39)36-18-16-35(17-19-36)29(38)25-4-2-1-3-5-25/h1-9,26H,10-23H2,(H,31,37)(H,32,39). The first-order chi connectivity index (χ1) is 19.6. The van der Waals surface area contributed by atoms with E-state index in [1.807, 2.05) is 64.4 Å². The van der Waals surface area contributed by atoms with Crippen molar-refractivity contribution in [3.8, 4) is 0 Å². The normalized spacial score (nSPS) is 18.9. The van der Waals surface area contributed by atoms with Gasteiger partial charge >= 0.3 is 6.03 Å². The summed E-state index contributed by atoms with van der Waals surface area (Å²) < 4.78 is 5.36. The number of urea groups is 1. The van der Waals surface area contributed by atoms with Crippen LogP contribution in [0.15, 0.2) is 54.6 Å². The number of nitrogens with zero attached hydrogens (tertiary/aromatic N) is 4. The lowest BCUT2D eigenvalue weighted by Crippen LogP contribution is -2.55. The van der Waals surface area contributed by atoms with E-state index in [1.165, 1.54) is 0 Å². The highest BCUT2D eigenvalue weighted by Gasteiger charge is 2.27. The van der Waals surface area contributed by atoms with Crippen LogP contribution in [0, 0.1) is 0 Å². The molecule has 2 aromatic carbocycles. The predicted octanol–water partition coefficient (Wildman–Crippen LogP) is 1.89. The van der Waals surface area contributed by atoms with E-state index in [1.54, 1.807) is 0 Å². The molecule has 4 amide bonds. The molecule has 3 heterocycles. The second-order valence-electron chi connectivity index (χ2n) is 10.6. The Hall–Kier alpha value is -3.63. The van der Waals surface area contributed by atoms with Crippen molar-refractivity contribution in [1.82, 2.24) is 25.3 Å². The molecular weight excluding hydrogens is 508 g/mol. The number of rotatable bonds is 7. The number of carbonyl (C=O) groups excluding carboxylic acids is 3. The maximum Gasteiger partial charge on any atom is 0.317 e. The average Bonchev–Trinajstić information content (AvgIpc) is 3.02. The van der Waals surface area contributed by atoms with Gasteiger partial charge in [0.25, 0.3) is 11.8 Å². The zero-order chi connectivity index (χ0) is 27.7. The van der Waals surface area contributed by atoms with Gasteiger partial charge in [0.15, 0.2) is 0 Å². The lowest BCUT2D eigenvalue weighted by atomic mass is 10.0. The lowest BCUT2D eigenvalue weighted by Gasteiger charge is -2.37. The van der Waals surface area contributed by atoms with Gasteiger partial charge in [0.05, 0.1) is 13.2 Å². The van der Waals surface area contributed by atoms with Crippen molar-refractivity contribution >= 4 is 23.5 Å². The van der Waals surface area contributed by atoms with E-state index < -0.39 is 0 Å². The fourth-order valence-corrected chi connectivity index (χ4v) is 5.50. The van der Waals surface area contributed by atoms with Crippen LogP contribution in [-0.4, -0.2) is 117 Å². The minimum atomic E-state index is -0.0495. The van der Waals surface area contributed by atoms with Crippen molar-refractivity contribution in [3.05, 3.63) is 65.7 Å². The number of benzene rings is 2. The molecular formula is C30H40N6O4. The number of amides is 4. The van der Waals surface area contributed by atoms with Gasteiger partial charge in [-0.25, -0.2) is 4.79 Å². The highest BCUT2D eigenvalue weighted by molar-refractivity contribution is 5.95. The summed E-state index contributed by atoms with van der Waals surface area (Å²) in [5.74, 6) is -0.0306. The molecule has 5 rings (SSSR count). The van der Waals surface area contributed by atoms with Crippen LogP contribution in [0.2, 0.25) is 0 Å². The van der Waals surface area contributed by atoms with Crippen LogP contribution in [0.1, 0.15) is 33.6 Å². The Balaban J connectivity index is 1.01. The van der Waals surface area contributed by atoms with Crippen molar-refractivity contribution in [1.29, 1.82) is 0 Å². The average molecular weight is 549 g/mol. The first kappa shape index (κ1) is 27.9. The molecule has 0 bridgehead atoms. The van der Waals surface area contributed by atoms with Crippen LogP contribution >= 0.6 is 0 Å². The molecule has 3 aliphatic rings. The molecule has 0 spiro atoms. The number of piperidine rings is 1. The number of hydrogen-bond acceptors (Lipinski definition) is 6. The Labute approximate surface area is 236 Å². The molecule has 10 nitrogen and oxygen atoms in total. The second kappa shape index (κ2) is 13.6. The van der Waals surface area contributed by atoms with Gasteiger partial charge in [-0.2, -0.15) is 0 Å². The summed E-state index contributed by atoms with van der Waals surface area (Å²) in [4.78, 5) is 46.3. The van der Waals surface area contributed by atoms with Crippen LogP contribution in [0.25, 0.3) is 0 Å². The summed E-state index contributed by atoms with van der Waals surface area (Å²) in [6, 6.07) is 17.1. The SMILES string of the molecule is O=C(NCCN1CCOCC1)c1ccc(N2CCC(NC(=O)N3CCN(C(=O)c4ccccc4)CC3)CC2)cc1. The predicted molar refractivity (Wildman–Crippen MR) is 154 cm³/mol. The summed E-state index contributed by atoms with van der Waals surface area (Å²) in [6.45, 7) is 8.66. The van der Waals surface area contributed by atoms with Crippen LogP contribution in [0.5, 0.6) is 0 Å². The molecule has 214 valence electrons. The van der Waals surface area contributed by atoms with Crippen molar-refractivity contribution in [2.24, 2.45) is 0 Å². The topological polar surface area (TPSA) is 97.5 Å². The van der Waals surface area contributed by atoms with Crippen molar-refractivity contribution in [2.75, 3.05) is 83.6 Å². The number of hydrogen-bond donors (Lipinski definition) is 2. The van der Waals surface area contributed by atoms with E-state index in [0.29, 0.717) is 43.9 Å². The number of carbonyl (C=O) groups is 3. The number of morpholine rings is 1. The molecule has 3 fully saturated rings. The molecule has 0 aromatic heterocycles. The molecule has 0 saturated carbocycles. The Morgan fingerprint density at radius 2 is 1.40 bits per heavy atom. The maximum atomic E-state index is 12.9. The monoisotopic (exact) mass is 548 g/mol. The van der Waals surface area contributed by atoms with E-state index in [-0.39, 0.29) is 23.9 Å². The third-order valence-electron chi connectivity index (χ3n) is 8.01. The molecule has 0 radical (unpaired) electrons. The van der Waals surface area contributed by atoms with Gasteiger partial charge in [-0.15, -0.1) is 0 Å². The first-order valence-electron chi connectivity index (χ1n) is 14.4. The molecule has 0 unspecified atom stereocenters. The fraction of sp³-hybridized carbons (Fsp3) is 0.500. The smallest absolute Gasteiger partial charge is 0.317 e. The maximum absolute atomic E-state index is 12.9. The zero-order valence-corrected chi connectivity index (χ0v) is 23.1. The van der Waals surface area contributed by atoms with Crippen molar-refractivity contribution < 1.29 is 19.1 Å². The second-order valence-corrected chi connectivity index (χ2v) is 10.6. The van der Waals surface area contributed by atoms with Crippen LogP contribution in [0.3, 0.4) is 0 Å². The zero-order valence-electron chi connectivity index (χ0n) is 23.1. The third-order valence-corrected chi connectivity index (χ3v) is 8.01. The highest BCUT2D eigenvalue weighted by atomic mass is 16.5. The molecule has 3 saturated heterocycles. The van der Waals surface area contributed by atoms with Gasteiger partial charge in [-0.05, 0) is 49.2 Å². The molecule has 2 aromatic rings.